The molecular weight excluding hydrogens is 290 g/mol. The van der Waals surface area contributed by atoms with E-state index in [1.54, 1.807) is 6.20 Å². The summed E-state index contributed by atoms with van der Waals surface area (Å²) in [6.45, 7) is 5.79. The van der Waals surface area contributed by atoms with Gasteiger partial charge in [-0.25, -0.2) is 4.98 Å². The summed E-state index contributed by atoms with van der Waals surface area (Å²) in [6.07, 6.45) is 2.86. The Labute approximate surface area is 136 Å². The van der Waals surface area contributed by atoms with E-state index >= 15 is 0 Å². The Bertz CT molecular complexity index is 587. The van der Waals surface area contributed by atoms with E-state index in [0.29, 0.717) is 5.95 Å². The van der Waals surface area contributed by atoms with E-state index in [-0.39, 0.29) is 0 Å². The minimum atomic E-state index is 0.606. The van der Waals surface area contributed by atoms with Crippen molar-refractivity contribution in [2.24, 2.45) is 0 Å². The minimum Gasteiger partial charge on any atom is -0.379 e. The van der Waals surface area contributed by atoms with Gasteiger partial charge in [0.2, 0.25) is 5.95 Å². The molecule has 23 heavy (non-hydrogen) atoms. The smallest absolute Gasteiger partial charge is 0.229 e. The Hall–Kier alpha value is -2.18. The number of para-hydroxylation sites is 1. The van der Waals surface area contributed by atoms with Crippen molar-refractivity contribution in [3.63, 3.8) is 0 Å². The highest BCUT2D eigenvalue weighted by Gasteiger charge is 2.09. The van der Waals surface area contributed by atoms with E-state index in [1.165, 1.54) is 0 Å². The Kier molecular flexibility index (Phi) is 5.77. The van der Waals surface area contributed by atoms with Gasteiger partial charge in [0.25, 0.3) is 0 Å². The van der Waals surface area contributed by atoms with Gasteiger partial charge in [0.15, 0.2) is 0 Å². The van der Waals surface area contributed by atoms with Crippen molar-refractivity contribution >= 4 is 17.5 Å². The zero-order valence-corrected chi connectivity index (χ0v) is 13.2. The summed E-state index contributed by atoms with van der Waals surface area (Å²) in [4.78, 5) is 11.2. The fourth-order valence-electron chi connectivity index (χ4n) is 2.51. The standard InChI is InChI=1S/C17H23N5O/c1-2-5-15(6-3-1)20-17-19-9-7-16(21-17)18-8-4-10-22-11-13-23-14-12-22/h1-3,5-7,9H,4,8,10-14H2,(H2,18,19,20,21). The van der Waals surface area contributed by atoms with Crippen molar-refractivity contribution in [3.8, 4) is 0 Å². The second-order valence-electron chi connectivity index (χ2n) is 5.49. The molecule has 0 unspecified atom stereocenters. The molecule has 0 radical (unpaired) electrons. The minimum absolute atomic E-state index is 0.606. The molecule has 1 aromatic heterocycles. The van der Waals surface area contributed by atoms with Gasteiger partial charge in [-0.15, -0.1) is 0 Å². The van der Waals surface area contributed by atoms with Crippen LogP contribution >= 0.6 is 0 Å². The van der Waals surface area contributed by atoms with Crippen LogP contribution in [0, 0.1) is 0 Å². The molecule has 0 aliphatic carbocycles. The number of nitrogens with zero attached hydrogens (tertiary/aromatic N) is 3. The molecule has 0 saturated carbocycles. The van der Waals surface area contributed by atoms with Crippen molar-refractivity contribution in [1.82, 2.24) is 14.9 Å². The first-order chi connectivity index (χ1) is 11.4. The number of hydrogen-bond donors (Lipinski definition) is 2. The molecular formula is C17H23N5O. The molecule has 0 amide bonds. The van der Waals surface area contributed by atoms with Crippen LogP contribution in [-0.4, -0.2) is 54.3 Å². The lowest BCUT2D eigenvalue weighted by molar-refractivity contribution is 0.0378. The first-order valence-electron chi connectivity index (χ1n) is 8.09. The molecule has 1 aliphatic rings. The molecule has 3 rings (SSSR count). The molecule has 122 valence electrons. The molecule has 0 atom stereocenters. The van der Waals surface area contributed by atoms with Gasteiger partial charge in [0, 0.05) is 31.5 Å². The van der Waals surface area contributed by atoms with Crippen LogP contribution in [0.15, 0.2) is 42.6 Å². The van der Waals surface area contributed by atoms with Crippen LogP contribution < -0.4 is 10.6 Å². The zero-order valence-electron chi connectivity index (χ0n) is 13.2. The lowest BCUT2D eigenvalue weighted by Gasteiger charge is -2.26. The average Bonchev–Trinajstić information content (AvgIpc) is 2.61. The maximum atomic E-state index is 5.36. The fraction of sp³-hybridized carbons (Fsp3) is 0.412. The van der Waals surface area contributed by atoms with Gasteiger partial charge < -0.3 is 15.4 Å². The summed E-state index contributed by atoms with van der Waals surface area (Å²) in [5.74, 6) is 1.45. The third-order valence-corrected chi connectivity index (χ3v) is 3.75. The van der Waals surface area contributed by atoms with Crippen LogP contribution in [0.3, 0.4) is 0 Å². The molecule has 2 N–H and O–H groups in total. The topological polar surface area (TPSA) is 62.3 Å². The van der Waals surface area contributed by atoms with Crippen molar-refractivity contribution in [1.29, 1.82) is 0 Å². The number of anilines is 3. The van der Waals surface area contributed by atoms with Gasteiger partial charge in [-0.1, -0.05) is 18.2 Å². The summed E-state index contributed by atoms with van der Waals surface area (Å²) >= 11 is 0. The highest BCUT2D eigenvalue weighted by Crippen LogP contribution is 2.13. The van der Waals surface area contributed by atoms with E-state index in [0.717, 1.165) is 57.3 Å². The van der Waals surface area contributed by atoms with Crippen LogP contribution in [0.2, 0.25) is 0 Å². The molecule has 1 aliphatic heterocycles. The van der Waals surface area contributed by atoms with Gasteiger partial charge in [0.1, 0.15) is 5.82 Å². The molecule has 1 fully saturated rings. The van der Waals surface area contributed by atoms with Crippen LogP contribution in [-0.2, 0) is 4.74 Å². The first-order valence-corrected chi connectivity index (χ1v) is 8.09. The van der Waals surface area contributed by atoms with Crippen molar-refractivity contribution in [3.05, 3.63) is 42.6 Å². The Balaban J connectivity index is 1.44. The number of aromatic nitrogens is 2. The lowest BCUT2D eigenvalue weighted by atomic mass is 10.3. The number of rotatable bonds is 7. The monoisotopic (exact) mass is 313 g/mol. The third kappa shape index (κ3) is 5.19. The van der Waals surface area contributed by atoms with E-state index < -0.39 is 0 Å². The van der Waals surface area contributed by atoms with Crippen LogP contribution in [0.4, 0.5) is 17.5 Å². The normalized spacial score (nSPS) is 15.3. The maximum absolute atomic E-state index is 5.36. The van der Waals surface area contributed by atoms with Crippen molar-refractivity contribution in [2.75, 3.05) is 50.0 Å². The highest BCUT2D eigenvalue weighted by molar-refractivity contribution is 5.54. The van der Waals surface area contributed by atoms with E-state index in [1.807, 2.05) is 36.4 Å². The van der Waals surface area contributed by atoms with E-state index in [4.69, 9.17) is 4.74 Å². The summed E-state index contributed by atoms with van der Waals surface area (Å²) in [7, 11) is 0. The van der Waals surface area contributed by atoms with Gasteiger partial charge in [-0.05, 0) is 31.2 Å². The number of nitrogens with one attached hydrogen (secondary N) is 2. The fourth-order valence-corrected chi connectivity index (χ4v) is 2.51. The number of morpholine rings is 1. The Morgan fingerprint density at radius 3 is 2.74 bits per heavy atom. The molecule has 1 saturated heterocycles. The average molecular weight is 313 g/mol. The molecule has 0 bridgehead atoms. The van der Waals surface area contributed by atoms with Crippen LogP contribution in [0.1, 0.15) is 6.42 Å². The zero-order chi connectivity index (χ0) is 15.7. The maximum Gasteiger partial charge on any atom is 0.229 e. The van der Waals surface area contributed by atoms with Gasteiger partial charge in [-0.3, -0.25) is 4.90 Å². The Morgan fingerprint density at radius 2 is 1.91 bits per heavy atom. The number of benzene rings is 1. The van der Waals surface area contributed by atoms with Crippen LogP contribution in [0.25, 0.3) is 0 Å². The summed E-state index contributed by atoms with van der Waals surface area (Å²) in [6, 6.07) is 11.8. The van der Waals surface area contributed by atoms with E-state index in [9.17, 15) is 0 Å². The molecule has 0 spiro atoms. The highest BCUT2D eigenvalue weighted by atomic mass is 16.5. The predicted octanol–water partition coefficient (Wildman–Crippen LogP) is 2.35. The molecule has 6 nitrogen and oxygen atoms in total. The van der Waals surface area contributed by atoms with E-state index in [2.05, 4.69) is 25.5 Å². The first kappa shape index (κ1) is 15.7. The quantitative estimate of drug-likeness (QED) is 0.765. The van der Waals surface area contributed by atoms with Crippen LogP contribution in [0.5, 0.6) is 0 Å². The predicted molar refractivity (Wildman–Crippen MR) is 92.1 cm³/mol. The second kappa shape index (κ2) is 8.45. The number of ether oxygens (including phenoxy) is 1. The third-order valence-electron chi connectivity index (χ3n) is 3.75. The molecule has 1 aromatic carbocycles. The molecule has 2 aromatic rings. The van der Waals surface area contributed by atoms with Crippen molar-refractivity contribution in [2.45, 2.75) is 6.42 Å². The lowest BCUT2D eigenvalue weighted by Crippen LogP contribution is -2.37. The second-order valence-corrected chi connectivity index (χ2v) is 5.49. The largest absolute Gasteiger partial charge is 0.379 e. The molecule has 6 heteroatoms. The van der Waals surface area contributed by atoms with Crippen molar-refractivity contribution < 1.29 is 4.74 Å². The van der Waals surface area contributed by atoms with Gasteiger partial charge >= 0.3 is 0 Å². The summed E-state index contributed by atoms with van der Waals surface area (Å²) < 4.78 is 5.36. The summed E-state index contributed by atoms with van der Waals surface area (Å²) in [5.41, 5.74) is 0.983. The van der Waals surface area contributed by atoms with Gasteiger partial charge in [0.05, 0.1) is 13.2 Å². The summed E-state index contributed by atoms with van der Waals surface area (Å²) in [5, 5.41) is 6.56. The Morgan fingerprint density at radius 1 is 1.09 bits per heavy atom. The van der Waals surface area contributed by atoms with Gasteiger partial charge in [-0.2, -0.15) is 4.98 Å². The SMILES string of the molecule is c1ccc(Nc2nccc(NCCCN3CCOCC3)n2)cc1. The molecule has 2 heterocycles. The number of hydrogen-bond acceptors (Lipinski definition) is 6.